The molecule has 1 amide bonds. The van der Waals surface area contributed by atoms with Crippen LogP contribution in [-0.4, -0.2) is 32.6 Å². The monoisotopic (exact) mass is 479 g/mol. The van der Waals surface area contributed by atoms with Gasteiger partial charge in [-0.05, 0) is 40.1 Å². The zero-order chi connectivity index (χ0) is 22.1. The number of nitrogens with two attached hydrogens (primary N) is 1. The van der Waals surface area contributed by atoms with Crippen LogP contribution in [-0.2, 0) is 4.79 Å². The predicted octanol–water partition coefficient (Wildman–Crippen LogP) is 5.40. The van der Waals surface area contributed by atoms with Crippen LogP contribution >= 0.6 is 34.7 Å². The van der Waals surface area contributed by atoms with Gasteiger partial charge in [0.2, 0.25) is 5.13 Å². The Morgan fingerprint density at radius 1 is 1.09 bits per heavy atom. The Labute approximate surface area is 198 Å². The van der Waals surface area contributed by atoms with Gasteiger partial charge in [0.05, 0.1) is 17.5 Å². The Bertz CT molecular complexity index is 1320. The van der Waals surface area contributed by atoms with Crippen LogP contribution in [0.3, 0.4) is 0 Å². The van der Waals surface area contributed by atoms with Gasteiger partial charge < -0.3 is 5.73 Å². The maximum atomic E-state index is 13.2. The quantitative estimate of drug-likeness (QED) is 0.387. The number of hydrogen-bond donors (Lipinski definition) is 1. The van der Waals surface area contributed by atoms with Crippen molar-refractivity contribution < 1.29 is 4.79 Å². The summed E-state index contributed by atoms with van der Waals surface area (Å²) in [5, 5.41) is 17.5. The highest BCUT2D eigenvalue weighted by molar-refractivity contribution is 8.01. The van der Waals surface area contributed by atoms with Crippen LogP contribution in [0, 0.1) is 0 Å². The molecule has 5 rings (SSSR count). The average Bonchev–Trinajstić information content (AvgIpc) is 3.44. The fraction of sp³-hybridized carbons (Fsp3) is 0.130. The van der Waals surface area contributed by atoms with E-state index in [2.05, 4.69) is 40.5 Å². The van der Waals surface area contributed by atoms with Crippen LogP contribution in [0.2, 0.25) is 5.02 Å². The van der Waals surface area contributed by atoms with Gasteiger partial charge in [0, 0.05) is 11.4 Å². The van der Waals surface area contributed by atoms with Crippen molar-refractivity contribution in [1.29, 1.82) is 0 Å². The van der Waals surface area contributed by atoms with E-state index in [1.165, 1.54) is 28.5 Å². The fourth-order valence-corrected chi connectivity index (χ4v) is 5.31. The number of amides is 1. The second kappa shape index (κ2) is 8.90. The number of hydrogen-bond acceptors (Lipinski definition) is 7. The van der Waals surface area contributed by atoms with Crippen LogP contribution < -0.4 is 5.73 Å². The van der Waals surface area contributed by atoms with E-state index in [1.807, 2.05) is 36.4 Å². The molecule has 0 aliphatic carbocycles. The lowest BCUT2D eigenvalue weighted by atomic mass is 9.97. The van der Waals surface area contributed by atoms with Crippen molar-refractivity contribution in [3.8, 4) is 0 Å². The number of aromatic nitrogens is 2. The Morgan fingerprint density at radius 2 is 1.88 bits per heavy atom. The summed E-state index contributed by atoms with van der Waals surface area (Å²) in [6, 6.07) is 21.9. The normalized spacial score (nSPS) is 15.8. The third-order valence-electron chi connectivity index (χ3n) is 5.24. The molecule has 0 radical (unpaired) electrons. The van der Waals surface area contributed by atoms with E-state index in [0.717, 1.165) is 22.2 Å². The van der Waals surface area contributed by atoms with Gasteiger partial charge in [-0.2, -0.15) is 5.10 Å². The van der Waals surface area contributed by atoms with Gasteiger partial charge in [0.15, 0.2) is 4.34 Å². The second-order valence-electron chi connectivity index (χ2n) is 7.31. The minimum Gasteiger partial charge on any atom is -0.374 e. The summed E-state index contributed by atoms with van der Waals surface area (Å²) in [5.41, 5.74) is 8.54. The summed E-state index contributed by atoms with van der Waals surface area (Å²) in [5.74, 6) is 0.104. The van der Waals surface area contributed by atoms with Crippen molar-refractivity contribution >= 4 is 62.2 Å². The van der Waals surface area contributed by atoms with Gasteiger partial charge >= 0.3 is 0 Å². The molecule has 1 aliphatic rings. The van der Waals surface area contributed by atoms with Crippen LogP contribution in [0.25, 0.3) is 10.8 Å². The molecule has 1 aromatic heterocycles. The number of fused-ring (bicyclic) bond motifs is 1. The molecule has 9 heteroatoms. The van der Waals surface area contributed by atoms with Crippen molar-refractivity contribution in [3.05, 3.63) is 82.9 Å². The average molecular weight is 480 g/mol. The molecule has 32 heavy (non-hydrogen) atoms. The lowest BCUT2D eigenvalue weighted by Crippen LogP contribution is -2.28. The Hall–Kier alpha value is -2.94. The first-order valence-electron chi connectivity index (χ1n) is 9.93. The largest absolute Gasteiger partial charge is 0.374 e. The lowest BCUT2D eigenvalue weighted by Gasteiger charge is -2.21. The molecule has 1 unspecified atom stereocenters. The number of hydrazone groups is 1. The summed E-state index contributed by atoms with van der Waals surface area (Å²) < 4.78 is 0.664. The number of benzene rings is 3. The number of halogens is 1. The smallest absolute Gasteiger partial charge is 0.253 e. The zero-order valence-corrected chi connectivity index (χ0v) is 19.2. The van der Waals surface area contributed by atoms with E-state index in [0.29, 0.717) is 20.9 Å². The van der Waals surface area contributed by atoms with E-state index in [1.54, 1.807) is 5.01 Å². The van der Waals surface area contributed by atoms with Crippen LogP contribution in [0.5, 0.6) is 0 Å². The minimum absolute atomic E-state index is 0.0977. The van der Waals surface area contributed by atoms with Crippen molar-refractivity contribution in [2.24, 2.45) is 5.10 Å². The Kier molecular flexibility index (Phi) is 5.82. The number of thioether (sulfide) groups is 1. The van der Waals surface area contributed by atoms with Gasteiger partial charge in [-0.3, -0.25) is 4.79 Å². The van der Waals surface area contributed by atoms with Crippen LogP contribution in [0.4, 0.5) is 5.13 Å². The van der Waals surface area contributed by atoms with Crippen molar-refractivity contribution in [3.63, 3.8) is 0 Å². The van der Waals surface area contributed by atoms with E-state index in [9.17, 15) is 4.79 Å². The van der Waals surface area contributed by atoms with Gasteiger partial charge in [0.1, 0.15) is 0 Å². The first kappa shape index (κ1) is 20.9. The molecule has 4 aromatic rings. The van der Waals surface area contributed by atoms with E-state index >= 15 is 0 Å². The number of carbonyl (C=O) groups is 1. The van der Waals surface area contributed by atoms with Gasteiger partial charge in [0.25, 0.3) is 5.91 Å². The molecule has 0 fully saturated rings. The summed E-state index contributed by atoms with van der Waals surface area (Å²) in [6.45, 7) is 0. The summed E-state index contributed by atoms with van der Waals surface area (Å²) >= 11 is 8.67. The molecule has 0 bridgehead atoms. The molecule has 2 heterocycles. The molecule has 1 aliphatic heterocycles. The number of nitrogens with zero attached hydrogens (tertiary/aromatic N) is 4. The standard InChI is InChI=1S/C23H18ClN5OS2/c24-18-9-7-15(8-10-18)20-12-19(17-6-5-14-3-1-2-4-16(14)11-17)28-29(20)21(30)13-31-23-27-26-22(25)32-23/h1-11,20H,12-13H2,(H2,25,26). The van der Waals surface area contributed by atoms with E-state index < -0.39 is 0 Å². The maximum Gasteiger partial charge on any atom is 0.253 e. The highest BCUT2D eigenvalue weighted by Gasteiger charge is 2.33. The zero-order valence-electron chi connectivity index (χ0n) is 16.8. The van der Waals surface area contributed by atoms with Crippen molar-refractivity contribution in [2.75, 3.05) is 11.5 Å². The summed E-state index contributed by atoms with van der Waals surface area (Å²) in [7, 11) is 0. The number of anilines is 1. The third kappa shape index (κ3) is 4.34. The minimum atomic E-state index is -0.193. The maximum absolute atomic E-state index is 13.2. The lowest BCUT2D eigenvalue weighted by molar-refractivity contribution is -0.130. The molecular formula is C23H18ClN5OS2. The highest BCUT2D eigenvalue weighted by Crippen LogP contribution is 2.35. The predicted molar refractivity (Wildman–Crippen MR) is 131 cm³/mol. The highest BCUT2D eigenvalue weighted by atomic mass is 35.5. The Morgan fingerprint density at radius 3 is 2.62 bits per heavy atom. The molecule has 160 valence electrons. The van der Waals surface area contributed by atoms with Gasteiger partial charge in [-0.1, -0.05) is 83.2 Å². The molecule has 1 atom stereocenters. The van der Waals surface area contributed by atoms with Crippen molar-refractivity contribution in [1.82, 2.24) is 15.2 Å². The number of rotatable bonds is 5. The molecule has 3 aromatic carbocycles. The van der Waals surface area contributed by atoms with Gasteiger partial charge in [-0.15, -0.1) is 10.2 Å². The molecule has 0 saturated heterocycles. The van der Waals surface area contributed by atoms with E-state index in [4.69, 9.17) is 22.4 Å². The molecule has 2 N–H and O–H groups in total. The first-order valence-corrected chi connectivity index (χ1v) is 12.1. The molecule has 6 nitrogen and oxygen atoms in total. The van der Waals surface area contributed by atoms with E-state index in [-0.39, 0.29) is 17.7 Å². The Balaban J connectivity index is 1.44. The van der Waals surface area contributed by atoms with Gasteiger partial charge in [-0.25, -0.2) is 5.01 Å². The second-order valence-corrected chi connectivity index (χ2v) is 9.98. The topological polar surface area (TPSA) is 84.5 Å². The third-order valence-corrected chi connectivity index (χ3v) is 7.37. The first-order chi connectivity index (χ1) is 15.6. The van der Waals surface area contributed by atoms with Crippen LogP contribution in [0.1, 0.15) is 23.6 Å². The SMILES string of the molecule is Nc1nnc(SCC(=O)N2N=C(c3ccc4ccccc4c3)CC2c2ccc(Cl)cc2)s1. The number of nitrogen functional groups attached to an aromatic ring is 1. The van der Waals surface area contributed by atoms with Crippen molar-refractivity contribution in [2.45, 2.75) is 16.8 Å². The molecule has 0 saturated carbocycles. The fourth-order valence-electron chi connectivity index (χ4n) is 3.70. The summed E-state index contributed by atoms with van der Waals surface area (Å²) in [6.07, 6.45) is 0.627. The van der Waals surface area contributed by atoms with Crippen LogP contribution in [0.15, 0.2) is 76.2 Å². The molecular weight excluding hydrogens is 462 g/mol. The molecule has 0 spiro atoms. The summed E-state index contributed by atoms with van der Waals surface area (Å²) in [4.78, 5) is 13.2. The number of carbonyl (C=O) groups excluding carboxylic acids is 1.